The van der Waals surface area contributed by atoms with E-state index in [-0.39, 0.29) is 11.3 Å². The first kappa shape index (κ1) is 14.1. The summed E-state index contributed by atoms with van der Waals surface area (Å²) in [5, 5.41) is 0. The number of rotatable bonds is 3. The van der Waals surface area contributed by atoms with Crippen LogP contribution in [0.4, 0.5) is 13.2 Å². The monoisotopic (exact) mass is 313 g/mol. The molecule has 96 valence electrons. The first-order chi connectivity index (χ1) is 7.81. The van der Waals surface area contributed by atoms with Crippen LogP contribution < -0.4 is 15.2 Å². The average molecular weight is 314 g/mol. The molecule has 7 heteroatoms. The van der Waals surface area contributed by atoms with Crippen LogP contribution in [0.3, 0.4) is 0 Å². The van der Waals surface area contributed by atoms with Crippen LogP contribution in [0.5, 0.6) is 11.5 Å². The zero-order valence-electron chi connectivity index (χ0n) is 9.14. The molecule has 1 aromatic rings. The number of nitrogens with two attached hydrogens (primary N) is 1. The minimum absolute atomic E-state index is 0.0953. The Kier molecular flexibility index (Phi) is 4.26. The molecular formula is C10H11BrF3NO2. The van der Waals surface area contributed by atoms with Gasteiger partial charge >= 0.3 is 6.18 Å². The number of methoxy groups -OCH3 is 2. The van der Waals surface area contributed by atoms with E-state index >= 15 is 0 Å². The summed E-state index contributed by atoms with van der Waals surface area (Å²) in [5.41, 5.74) is 5.02. The molecule has 0 aromatic heterocycles. The predicted molar refractivity (Wildman–Crippen MR) is 60.2 cm³/mol. The molecule has 0 spiro atoms. The smallest absolute Gasteiger partial charge is 0.407 e. The van der Waals surface area contributed by atoms with Gasteiger partial charge in [-0.05, 0) is 33.6 Å². The molecule has 3 nitrogen and oxygen atoms in total. The van der Waals surface area contributed by atoms with Crippen molar-refractivity contribution in [3.05, 3.63) is 22.2 Å². The first-order valence-corrected chi connectivity index (χ1v) is 5.34. The van der Waals surface area contributed by atoms with Gasteiger partial charge in [-0.25, -0.2) is 0 Å². The second kappa shape index (κ2) is 5.14. The first-order valence-electron chi connectivity index (χ1n) is 4.55. The fourth-order valence-corrected chi connectivity index (χ4v) is 1.93. The fourth-order valence-electron chi connectivity index (χ4n) is 1.31. The summed E-state index contributed by atoms with van der Waals surface area (Å²) in [4.78, 5) is 0. The Bertz CT molecular complexity index is 409. The van der Waals surface area contributed by atoms with E-state index in [2.05, 4.69) is 15.9 Å². The second-order valence-electron chi connectivity index (χ2n) is 3.26. The van der Waals surface area contributed by atoms with Gasteiger partial charge in [-0.2, -0.15) is 13.2 Å². The van der Waals surface area contributed by atoms with Crippen molar-refractivity contribution < 1.29 is 22.6 Å². The number of halogens is 4. The van der Waals surface area contributed by atoms with Crippen LogP contribution in [0, 0.1) is 0 Å². The van der Waals surface area contributed by atoms with E-state index < -0.39 is 12.2 Å². The van der Waals surface area contributed by atoms with E-state index in [0.29, 0.717) is 10.2 Å². The van der Waals surface area contributed by atoms with Crippen molar-refractivity contribution in [3.8, 4) is 11.5 Å². The molecule has 0 radical (unpaired) electrons. The maximum atomic E-state index is 12.5. The van der Waals surface area contributed by atoms with Gasteiger partial charge in [0.15, 0.2) is 11.5 Å². The Morgan fingerprint density at radius 2 is 1.82 bits per heavy atom. The molecule has 0 saturated carbocycles. The molecule has 17 heavy (non-hydrogen) atoms. The van der Waals surface area contributed by atoms with Crippen molar-refractivity contribution in [2.45, 2.75) is 12.2 Å². The van der Waals surface area contributed by atoms with Crippen LogP contribution in [0.15, 0.2) is 16.6 Å². The molecule has 0 saturated heterocycles. The lowest BCUT2D eigenvalue weighted by atomic mass is 10.1. The van der Waals surface area contributed by atoms with Crippen LogP contribution in [-0.2, 0) is 0 Å². The average Bonchev–Trinajstić information content (AvgIpc) is 2.25. The highest BCUT2D eigenvalue weighted by atomic mass is 79.9. The molecule has 0 aliphatic carbocycles. The van der Waals surface area contributed by atoms with Crippen LogP contribution >= 0.6 is 15.9 Å². The number of benzene rings is 1. The van der Waals surface area contributed by atoms with E-state index in [4.69, 9.17) is 15.2 Å². The molecule has 0 bridgehead atoms. The van der Waals surface area contributed by atoms with Crippen LogP contribution in [-0.4, -0.2) is 20.4 Å². The van der Waals surface area contributed by atoms with Crippen LogP contribution in [0.25, 0.3) is 0 Å². The third-order valence-electron chi connectivity index (χ3n) is 2.17. The molecule has 1 rings (SSSR count). The molecule has 0 aliphatic heterocycles. The lowest BCUT2D eigenvalue weighted by Crippen LogP contribution is -2.28. The quantitative estimate of drug-likeness (QED) is 0.933. The summed E-state index contributed by atoms with van der Waals surface area (Å²) in [7, 11) is 2.74. The van der Waals surface area contributed by atoms with E-state index in [1.54, 1.807) is 0 Å². The van der Waals surface area contributed by atoms with Gasteiger partial charge in [-0.1, -0.05) is 0 Å². The summed E-state index contributed by atoms with van der Waals surface area (Å²) in [6, 6.07) is 0.417. The molecule has 2 N–H and O–H groups in total. The van der Waals surface area contributed by atoms with Crippen LogP contribution in [0.2, 0.25) is 0 Å². The van der Waals surface area contributed by atoms with Crippen LogP contribution in [0.1, 0.15) is 11.6 Å². The standard InChI is InChI=1S/C10H11BrF3NO2/c1-16-7-4-5(9(15)10(12,13)14)3-6(11)8(7)17-2/h3-4,9H,15H2,1-2H3/t9-/m0/s1. The lowest BCUT2D eigenvalue weighted by Gasteiger charge is -2.18. The van der Waals surface area contributed by atoms with E-state index in [1.165, 1.54) is 26.4 Å². The zero-order valence-corrected chi connectivity index (χ0v) is 10.7. The summed E-state index contributed by atoms with van der Waals surface area (Å²) >= 11 is 3.11. The Morgan fingerprint density at radius 3 is 2.24 bits per heavy atom. The molecule has 0 aliphatic rings. The van der Waals surface area contributed by atoms with E-state index in [0.717, 1.165) is 0 Å². The Labute approximate surface area is 105 Å². The summed E-state index contributed by atoms with van der Waals surface area (Å²) in [5.74, 6) is 0.516. The third-order valence-corrected chi connectivity index (χ3v) is 2.76. The second-order valence-corrected chi connectivity index (χ2v) is 4.11. The topological polar surface area (TPSA) is 44.5 Å². The SMILES string of the molecule is COc1cc([C@H](N)C(F)(F)F)cc(Br)c1OC. The zero-order chi connectivity index (χ0) is 13.2. The van der Waals surface area contributed by atoms with Gasteiger partial charge in [-0.3, -0.25) is 0 Å². The van der Waals surface area contributed by atoms with Crippen molar-refractivity contribution >= 4 is 15.9 Å². The number of hydrogen-bond acceptors (Lipinski definition) is 3. The minimum atomic E-state index is -4.50. The highest BCUT2D eigenvalue weighted by molar-refractivity contribution is 9.10. The van der Waals surface area contributed by atoms with Crippen molar-refractivity contribution in [2.75, 3.05) is 14.2 Å². The minimum Gasteiger partial charge on any atom is -0.493 e. The van der Waals surface area contributed by atoms with Gasteiger partial charge in [0.05, 0.1) is 18.7 Å². The molecular weight excluding hydrogens is 303 g/mol. The Hall–Kier alpha value is -0.950. The molecule has 0 unspecified atom stereocenters. The normalized spacial score (nSPS) is 13.4. The van der Waals surface area contributed by atoms with E-state index in [9.17, 15) is 13.2 Å². The molecule has 0 fully saturated rings. The fraction of sp³-hybridized carbons (Fsp3) is 0.400. The Balaban J connectivity index is 3.25. The maximum Gasteiger partial charge on any atom is 0.407 e. The number of hydrogen-bond donors (Lipinski definition) is 1. The highest BCUT2D eigenvalue weighted by Crippen LogP contribution is 2.40. The molecule has 0 amide bonds. The van der Waals surface area contributed by atoms with E-state index in [1.807, 2.05) is 0 Å². The maximum absolute atomic E-state index is 12.5. The molecule has 1 aromatic carbocycles. The summed E-state index contributed by atoms with van der Waals surface area (Å²) in [6.07, 6.45) is -4.50. The van der Waals surface area contributed by atoms with Crippen molar-refractivity contribution in [3.63, 3.8) is 0 Å². The van der Waals surface area contributed by atoms with Gasteiger partial charge in [0.25, 0.3) is 0 Å². The Morgan fingerprint density at radius 1 is 1.24 bits per heavy atom. The number of ether oxygens (including phenoxy) is 2. The van der Waals surface area contributed by atoms with Gasteiger partial charge in [0.1, 0.15) is 6.04 Å². The molecule has 0 heterocycles. The van der Waals surface area contributed by atoms with Crippen molar-refractivity contribution in [1.82, 2.24) is 0 Å². The van der Waals surface area contributed by atoms with Gasteiger partial charge in [0, 0.05) is 0 Å². The van der Waals surface area contributed by atoms with Gasteiger partial charge in [0.2, 0.25) is 0 Å². The highest BCUT2D eigenvalue weighted by Gasteiger charge is 2.38. The largest absolute Gasteiger partial charge is 0.493 e. The van der Waals surface area contributed by atoms with Crippen molar-refractivity contribution in [2.24, 2.45) is 5.73 Å². The molecule has 1 atom stereocenters. The van der Waals surface area contributed by atoms with Gasteiger partial charge in [-0.15, -0.1) is 0 Å². The third kappa shape index (κ3) is 3.04. The summed E-state index contributed by atoms with van der Waals surface area (Å²) in [6.45, 7) is 0. The number of alkyl halides is 3. The predicted octanol–water partition coefficient (Wildman–Crippen LogP) is 3.03. The summed E-state index contributed by atoms with van der Waals surface area (Å²) < 4.78 is 47.7. The van der Waals surface area contributed by atoms with Crippen molar-refractivity contribution in [1.29, 1.82) is 0 Å². The lowest BCUT2D eigenvalue weighted by molar-refractivity contribution is -0.149. The van der Waals surface area contributed by atoms with Gasteiger partial charge < -0.3 is 15.2 Å².